The van der Waals surface area contributed by atoms with Crippen LogP contribution in [-0.2, 0) is 6.54 Å². The molecule has 108 valence electrons. The lowest BCUT2D eigenvalue weighted by Gasteiger charge is -2.13. The monoisotopic (exact) mass is 374 g/mol. The zero-order valence-electron chi connectivity index (χ0n) is 11.1. The van der Waals surface area contributed by atoms with Crippen LogP contribution >= 0.6 is 39.3 Å². The normalized spacial score (nSPS) is 12.6. The summed E-state index contributed by atoms with van der Waals surface area (Å²) in [6, 6.07) is 7.62. The van der Waals surface area contributed by atoms with Gasteiger partial charge in [0.2, 0.25) is 0 Å². The maximum atomic E-state index is 10.4. The lowest BCUT2D eigenvalue weighted by molar-refractivity contribution is 0.190. The molecule has 1 aromatic heterocycles. The van der Waals surface area contributed by atoms with E-state index >= 15 is 0 Å². The summed E-state index contributed by atoms with van der Waals surface area (Å²) in [6.45, 7) is 2.90. The SMILES string of the molecule is CCCn1ncc(Br)c1C(O)CSc1ccc(Cl)cc1. The minimum absolute atomic E-state index is 0.556. The van der Waals surface area contributed by atoms with Gasteiger partial charge in [0.25, 0.3) is 0 Å². The molecule has 0 aliphatic carbocycles. The lowest BCUT2D eigenvalue weighted by Crippen LogP contribution is -2.11. The van der Waals surface area contributed by atoms with Crippen molar-refractivity contribution in [1.82, 2.24) is 9.78 Å². The van der Waals surface area contributed by atoms with Crippen molar-refractivity contribution in [2.45, 2.75) is 30.9 Å². The Labute approximate surface area is 136 Å². The molecule has 0 saturated heterocycles. The molecule has 0 fully saturated rings. The molecule has 0 radical (unpaired) electrons. The van der Waals surface area contributed by atoms with Crippen LogP contribution in [0.5, 0.6) is 0 Å². The van der Waals surface area contributed by atoms with Crippen LogP contribution in [0.3, 0.4) is 0 Å². The number of aliphatic hydroxyl groups is 1. The Bertz CT molecular complexity index is 559. The summed E-state index contributed by atoms with van der Waals surface area (Å²) in [4.78, 5) is 1.09. The largest absolute Gasteiger partial charge is 0.386 e. The summed E-state index contributed by atoms with van der Waals surface area (Å²) in [7, 11) is 0. The predicted octanol–water partition coefficient (Wildman–Crippen LogP) is 4.53. The number of halogens is 2. The predicted molar refractivity (Wildman–Crippen MR) is 87.4 cm³/mol. The Kier molecular flexibility index (Phi) is 5.96. The zero-order valence-corrected chi connectivity index (χ0v) is 14.2. The van der Waals surface area contributed by atoms with Gasteiger partial charge in [-0.15, -0.1) is 11.8 Å². The Balaban J connectivity index is 2.02. The summed E-state index contributed by atoms with van der Waals surface area (Å²) < 4.78 is 2.71. The fraction of sp³-hybridized carbons (Fsp3) is 0.357. The molecule has 1 heterocycles. The van der Waals surface area contributed by atoms with E-state index in [2.05, 4.69) is 28.0 Å². The van der Waals surface area contributed by atoms with E-state index < -0.39 is 6.10 Å². The molecular formula is C14H16BrClN2OS. The van der Waals surface area contributed by atoms with Crippen molar-refractivity contribution in [2.75, 3.05) is 5.75 Å². The quantitative estimate of drug-likeness (QED) is 0.754. The van der Waals surface area contributed by atoms with Crippen LogP contribution in [0.25, 0.3) is 0 Å². The highest BCUT2D eigenvalue weighted by atomic mass is 79.9. The lowest BCUT2D eigenvalue weighted by atomic mass is 10.3. The molecule has 2 aromatic rings. The first-order valence-electron chi connectivity index (χ1n) is 6.39. The van der Waals surface area contributed by atoms with Gasteiger partial charge in [-0.1, -0.05) is 18.5 Å². The van der Waals surface area contributed by atoms with Crippen molar-refractivity contribution in [3.63, 3.8) is 0 Å². The topological polar surface area (TPSA) is 38.0 Å². The third-order valence-electron chi connectivity index (χ3n) is 2.81. The fourth-order valence-corrected chi connectivity index (χ4v) is 3.40. The Morgan fingerprint density at radius 1 is 1.40 bits per heavy atom. The van der Waals surface area contributed by atoms with E-state index in [1.165, 1.54) is 0 Å². The zero-order chi connectivity index (χ0) is 14.5. The summed E-state index contributed by atoms with van der Waals surface area (Å²) in [5, 5.41) is 15.4. The van der Waals surface area contributed by atoms with Crippen LogP contribution < -0.4 is 0 Å². The van der Waals surface area contributed by atoms with Crippen molar-refractivity contribution >= 4 is 39.3 Å². The van der Waals surface area contributed by atoms with Crippen molar-refractivity contribution in [3.8, 4) is 0 Å². The molecule has 2 rings (SSSR count). The minimum Gasteiger partial charge on any atom is -0.386 e. The van der Waals surface area contributed by atoms with E-state index in [9.17, 15) is 5.11 Å². The first-order valence-corrected chi connectivity index (χ1v) is 8.55. The van der Waals surface area contributed by atoms with E-state index in [1.807, 2.05) is 28.9 Å². The minimum atomic E-state index is -0.556. The average Bonchev–Trinajstić information content (AvgIpc) is 2.79. The highest BCUT2D eigenvalue weighted by Crippen LogP contribution is 2.29. The van der Waals surface area contributed by atoms with Crippen LogP contribution in [0, 0.1) is 0 Å². The van der Waals surface area contributed by atoms with Crippen LogP contribution in [0.2, 0.25) is 5.02 Å². The molecule has 0 aliphatic rings. The maximum absolute atomic E-state index is 10.4. The molecule has 1 unspecified atom stereocenters. The van der Waals surface area contributed by atoms with Gasteiger partial charge in [-0.05, 0) is 46.6 Å². The second-order valence-electron chi connectivity index (χ2n) is 4.38. The van der Waals surface area contributed by atoms with Crippen LogP contribution in [0.4, 0.5) is 0 Å². The number of aromatic nitrogens is 2. The number of nitrogens with zero attached hydrogens (tertiary/aromatic N) is 2. The van der Waals surface area contributed by atoms with Gasteiger partial charge in [0.15, 0.2) is 0 Å². The number of hydrogen-bond donors (Lipinski definition) is 1. The van der Waals surface area contributed by atoms with E-state index in [1.54, 1.807) is 18.0 Å². The molecule has 1 aromatic carbocycles. The molecule has 6 heteroatoms. The fourth-order valence-electron chi connectivity index (χ4n) is 1.88. The standard InChI is InChI=1S/C14H16BrClN2OS/c1-2-7-18-14(12(15)8-17-18)13(19)9-20-11-5-3-10(16)4-6-11/h3-6,8,13,19H,2,7,9H2,1H3. The molecule has 0 spiro atoms. The van der Waals surface area contributed by atoms with Gasteiger partial charge in [-0.2, -0.15) is 5.10 Å². The van der Waals surface area contributed by atoms with Gasteiger partial charge in [-0.3, -0.25) is 4.68 Å². The molecule has 0 aliphatic heterocycles. The molecular weight excluding hydrogens is 360 g/mol. The van der Waals surface area contributed by atoms with Crippen molar-refractivity contribution in [1.29, 1.82) is 0 Å². The highest BCUT2D eigenvalue weighted by Gasteiger charge is 2.17. The van der Waals surface area contributed by atoms with Gasteiger partial charge in [-0.25, -0.2) is 0 Å². The first-order chi connectivity index (χ1) is 9.61. The number of aryl methyl sites for hydroxylation is 1. The number of aliphatic hydroxyl groups excluding tert-OH is 1. The second kappa shape index (κ2) is 7.50. The summed E-state index contributed by atoms with van der Waals surface area (Å²) >= 11 is 10.9. The van der Waals surface area contributed by atoms with Gasteiger partial charge >= 0.3 is 0 Å². The molecule has 1 atom stereocenters. The second-order valence-corrected chi connectivity index (χ2v) is 6.77. The van der Waals surface area contributed by atoms with Crippen molar-refractivity contribution in [2.24, 2.45) is 0 Å². The third-order valence-corrected chi connectivity index (χ3v) is 4.76. The number of thioether (sulfide) groups is 1. The number of benzene rings is 1. The molecule has 0 bridgehead atoms. The highest BCUT2D eigenvalue weighted by molar-refractivity contribution is 9.10. The van der Waals surface area contributed by atoms with Crippen LogP contribution in [-0.4, -0.2) is 20.6 Å². The third kappa shape index (κ3) is 4.01. The van der Waals surface area contributed by atoms with E-state index in [4.69, 9.17) is 11.6 Å². The summed E-state index contributed by atoms with van der Waals surface area (Å²) in [6.07, 6.45) is 2.17. The molecule has 1 N–H and O–H groups in total. The number of rotatable bonds is 6. The Morgan fingerprint density at radius 3 is 2.75 bits per heavy atom. The smallest absolute Gasteiger partial charge is 0.106 e. The first kappa shape index (κ1) is 15.9. The number of hydrogen-bond acceptors (Lipinski definition) is 3. The summed E-state index contributed by atoms with van der Waals surface area (Å²) in [5.74, 6) is 0.579. The van der Waals surface area contributed by atoms with E-state index in [0.29, 0.717) is 5.75 Å². The van der Waals surface area contributed by atoms with Gasteiger partial charge in [0.1, 0.15) is 6.10 Å². The van der Waals surface area contributed by atoms with Gasteiger partial charge < -0.3 is 5.11 Å². The van der Waals surface area contributed by atoms with E-state index in [-0.39, 0.29) is 0 Å². The van der Waals surface area contributed by atoms with Crippen molar-refractivity contribution in [3.05, 3.63) is 45.7 Å². The van der Waals surface area contributed by atoms with Crippen LogP contribution in [0.15, 0.2) is 39.8 Å². The van der Waals surface area contributed by atoms with E-state index in [0.717, 1.165) is 33.1 Å². The van der Waals surface area contributed by atoms with Gasteiger partial charge in [0, 0.05) is 22.2 Å². The summed E-state index contributed by atoms with van der Waals surface area (Å²) in [5.41, 5.74) is 0.841. The Morgan fingerprint density at radius 2 is 2.10 bits per heavy atom. The Hall–Kier alpha value is -0.490. The van der Waals surface area contributed by atoms with Crippen LogP contribution in [0.1, 0.15) is 25.1 Å². The molecule has 3 nitrogen and oxygen atoms in total. The average molecular weight is 376 g/mol. The maximum Gasteiger partial charge on any atom is 0.106 e. The molecule has 0 amide bonds. The van der Waals surface area contributed by atoms with Crippen molar-refractivity contribution < 1.29 is 5.11 Å². The molecule has 20 heavy (non-hydrogen) atoms. The van der Waals surface area contributed by atoms with Gasteiger partial charge in [0.05, 0.1) is 16.4 Å². The molecule has 0 saturated carbocycles.